The van der Waals surface area contributed by atoms with Gasteiger partial charge in [0, 0.05) is 6.42 Å². The summed E-state index contributed by atoms with van der Waals surface area (Å²) in [5, 5.41) is 0. The Morgan fingerprint density at radius 1 is 1.19 bits per heavy atom. The summed E-state index contributed by atoms with van der Waals surface area (Å²) in [6, 6.07) is 0. The average molecular weight is 275 g/mol. The molecule has 2 N–H and O–H groups in total. The molecule has 0 aromatic heterocycles. The Kier molecular flexibility index (Phi) is 3.27. The van der Waals surface area contributed by atoms with Gasteiger partial charge < -0.3 is 5.73 Å². The highest BCUT2D eigenvalue weighted by atomic mass is 32.3. The lowest BCUT2D eigenvalue weighted by molar-refractivity contribution is -0.170. The van der Waals surface area contributed by atoms with Crippen LogP contribution in [-0.2, 0) is 37.6 Å². The molecule has 0 unspecified atom stereocenters. The molecule has 94 valence electrons. The summed E-state index contributed by atoms with van der Waals surface area (Å²) >= 11 is 0. The second-order valence-electron chi connectivity index (χ2n) is 2.92. The van der Waals surface area contributed by atoms with Gasteiger partial charge in [-0.25, -0.2) is 8.37 Å². The Hall–Kier alpha value is -0.750. The quantitative estimate of drug-likeness (QED) is 0.657. The minimum atomic E-state index is -4.88. The van der Waals surface area contributed by atoms with Crippen LogP contribution in [-0.4, -0.2) is 28.5 Å². The summed E-state index contributed by atoms with van der Waals surface area (Å²) in [6.07, 6.45) is -0.141. The second-order valence-corrected chi connectivity index (χ2v) is 5.43. The lowest BCUT2D eigenvalue weighted by Gasteiger charge is -2.30. The van der Waals surface area contributed by atoms with Gasteiger partial charge in [0.2, 0.25) is 0 Å². The van der Waals surface area contributed by atoms with E-state index in [1.165, 1.54) is 0 Å². The molecule has 0 aromatic rings. The van der Waals surface area contributed by atoms with Crippen LogP contribution in [0.5, 0.6) is 0 Å². The number of nitrogens with two attached hydrogens (primary N) is 1. The van der Waals surface area contributed by atoms with Gasteiger partial charge in [-0.15, -0.1) is 3.63 Å². The van der Waals surface area contributed by atoms with Crippen molar-refractivity contribution in [3.05, 3.63) is 0 Å². The standard InChI is InChI=1S/C5H9NO8S2/c1-2-3-5(4(6)7)12-15(8,9)14-16(10,11)13-5/h2-3H2,1H3,(H2,6,7). The van der Waals surface area contributed by atoms with Crippen molar-refractivity contribution in [2.75, 3.05) is 0 Å². The molecule has 1 aliphatic rings. The van der Waals surface area contributed by atoms with Gasteiger partial charge in [0.1, 0.15) is 0 Å². The Labute approximate surface area is 92.1 Å². The number of rotatable bonds is 3. The zero-order valence-electron chi connectivity index (χ0n) is 8.07. The summed E-state index contributed by atoms with van der Waals surface area (Å²) in [5.74, 6) is -3.94. The number of carbonyl (C=O) groups excluding carboxylic acids is 1. The highest BCUT2D eigenvalue weighted by Crippen LogP contribution is 2.31. The molecule has 1 saturated heterocycles. The minimum Gasteiger partial charge on any atom is -0.365 e. The zero-order valence-corrected chi connectivity index (χ0v) is 9.71. The smallest absolute Gasteiger partial charge is 0.365 e. The van der Waals surface area contributed by atoms with E-state index in [2.05, 4.69) is 12.0 Å². The van der Waals surface area contributed by atoms with Gasteiger partial charge in [-0.05, 0) is 0 Å². The van der Waals surface area contributed by atoms with E-state index in [9.17, 15) is 21.6 Å². The van der Waals surface area contributed by atoms with E-state index in [-0.39, 0.29) is 12.8 Å². The molecule has 0 aromatic carbocycles. The molecule has 0 saturated carbocycles. The van der Waals surface area contributed by atoms with Crippen LogP contribution >= 0.6 is 0 Å². The van der Waals surface area contributed by atoms with Crippen LogP contribution in [0, 0.1) is 0 Å². The van der Waals surface area contributed by atoms with E-state index < -0.39 is 32.5 Å². The summed E-state index contributed by atoms with van der Waals surface area (Å²) in [5.41, 5.74) is 4.86. The highest BCUT2D eigenvalue weighted by molar-refractivity contribution is 7.95. The number of primary amides is 1. The lowest BCUT2D eigenvalue weighted by Crippen LogP contribution is -2.54. The maximum Gasteiger partial charge on any atom is 0.419 e. The molecule has 1 aliphatic heterocycles. The van der Waals surface area contributed by atoms with E-state index in [1.54, 1.807) is 6.92 Å². The molecule has 16 heavy (non-hydrogen) atoms. The molecule has 1 heterocycles. The molecule has 1 rings (SSSR count). The molecule has 0 aliphatic carbocycles. The predicted molar refractivity (Wildman–Crippen MR) is 47.9 cm³/mol. The van der Waals surface area contributed by atoms with E-state index in [4.69, 9.17) is 5.73 Å². The Morgan fingerprint density at radius 3 is 1.94 bits per heavy atom. The van der Waals surface area contributed by atoms with Crippen LogP contribution in [0.4, 0.5) is 0 Å². The van der Waals surface area contributed by atoms with Crippen LogP contribution in [0.2, 0.25) is 0 Å². The first-order valence-electron chi connectivity index (χ1n) is 4.05. The van der Waals surface area contributed by atoms with Gasteiger partial charge in [-0.3, -0.25) is 4.79 Å². The fourth-order valence-electron chi connectivity index (χ4n) is 1.09. The maximum atomic E-state index is 11.0. The fourth-order valence-corrected chi connectivity index (χ4v) is 3.23. The van der Waals surface area contributed by atoms with Crippen LogP contribution < -0.4 is 5.73 Å². The predicted octanol–water partition coefficient (Wildman–Crippen LogP) is -1.48. The topological polar surface area (TPSA) is 139 Å². The molecular formula is C5H9NO8S2. The Balaban J connectivity index is 3.26. The molecular weight excluding hydrogens is 266 g/mol. The number of hydrogen-bond donors (Lipinski definition) is 1. The molecule has 9 nitrogen and oxygen atoms in total. The molecule has 0 spiro atoms. The summed E-state index contributed by atoms with van der Waals surface area (Å²) in [7, 11) is -9.76. The van der Waals surface area contributed by atoms with Crippen molar-refractivity contribution >= 4 is 26.7 Å². The summed E-state index contributed by atoms with van der Waals surface area (Å²) < 4.78 is 55.6. The average Bonchev–Trinajstić information content (AvgIpc) is 1.97. The van der Waals surface area contributed by atoms with Gasteiger partial charge in [0.25, 0.3) is 11.7 Å². The Bertz CT molecular complexity index is 457. The number of hydrogen-bond acceptors (Lipinski definition) is 8. The van der Waals surface area contributed by atoms with Crippen LogP contribution in [0.3, 0.4) is 0 Å². The Morgan fingerprint density at radius 2 is 1.62 bits per heavy atom. The van der Waals surface area contributed by atoms with Gasteiger partial charge in [0.15, 0.2) is 0 Å². The van der Waals surface area contributed by atoms with E-state index in [0.29, 0.717) is 0 Å². The molecule has 1 fully saturated rings. The molecule has 0 radical (unpaired) electrons. The molecule has 0 bridgehead atoms. The van der Waals surface area contributed by atoms with Crippen molar-refractivity contribution < 1.29 is 33.6 Å². The first-order valence-corrected chi connectivity index (χ1v) is 6.71. The van der Waals surface area contributed by atoms with Crippen LogP contribution in [0.15, 0.2) is 0 Å². The fraction of sp³-hybridized carbons (Fsp3) is 0.800. The largest absolute Gasteiger partial charge is 0.419 e. The van der Waals surface area contributed by atoms with Gasteiger partial charge in [-0.1, -0.05) is 13.3 Å². The van der Waals surface area contributed by atoms with Crippen molar-refractivity contribution in [2.45, 2.75) is 25.6 Å². The third kappa shape index (κ3) is 2.68. The number of carbonyl (C=O) groups is 1. The lowest BCUT2D eigenvalue weighted by atomic mass is 10.1. The van der Waals surface area contributed by atoms with E-state index in [0.717, 1.165) is 0 Å². The van der Waals surface area contributed by atoms with E-state index >= 15 is 0 Å². The zero-order chi connectivity index (χ0) is 12.6. The van der Waals surface area contributed by atoms with Crippen LogP contribution in [0.1, 0.15) is 19.8 Å². The normalized spacial score (nSPS) is 26.1. The maximum absolute atomic E-state index is 11.0. The highest BCUT2D eigenvalue weighted by Gasteiger charge is 2.53. The molecule has 11 heteroatoms. The summed E-state index contributed by atoms with van der Waals surface area (Å²) in [6.45, 7) is 1.55. The van der Waals surface area contributed by atoms with Crippen molar-refractivity contribution in [3.8, 4) is 0 Å². The van der Waals surface area contributed by atoms with Crippen molar-refractivity contribution in [1.29, 1.82) is 0 Å². The van der Waals surface area contributed by atoms with Gasteiger partial charge in [-0.2, -0.15) is 16.8 Å². The monoisotopic (exact) mass is 275 g/mol. The van der Waals surface area contributed by atoms with Crippen molar-refractivity contribution in [3.63, 3.8) is 0 Å². The van der Waals surface area contributed by atoms with Crippen LogP contribution in [0.25, 0.3) is 0 Å². The number of amides is 1. The summed E-state index contributed by atoms with van der Waals surface area (Å²) in [4.78, 5) is 11.0. The minimum absolute atomic E-state index is 0.202. The SMILES string of the molecule is CCCC1(C(N)=O)OS(=O)(=O)OS(=O)(=O)O1. The van der Waals surface area contributed by atoms with Gasteiger partial charge in [0.05, 0.1) is 0 Å². The van der Waals surface area contributed by atoms with E-state index in [1.807, 2.05) is 0 Å². The second kappa shape index (κ2) is 3.92. The molecule has 1 amide bonds. The van der Waals surface area contributed by atoms with Crippen molar-refractivity contribution in [1.82, 2.24) is 0 Å². The first-order chi connectivity index (χ1) is 7.13. The van der Waals surface area contributed by atoms with Crippen molar-refractivity contribution in [2.24, 2.45) is 5.73 Å². The first kappa shape index (κ1) is 13.3. The molecule has 0 atom stereocenters. The third-order valence-electron chi connectivity index (χ3n) is 1.59. The van der Waals surface area contributed by atoms with Gasteiger partial charge >= 0.3 is 20.8 Å². The third-order valence-corrected chi connectivity index (χ3v) is 3.87.